The molecule has 1 aromatic carbocycles. The fraction of sp³-hybridized carbons (Fsp3) is 0.125. The van der Waals surface area contributed by atoms with E-state index in [1.807, 2.05) is 30.3 Å². The van der Waals surface area contributed by atoms with Crippen LogP contribution in [-0.2, 0) is 6.54 Å². The van der Waals surface area contributed by atoms with Crippen molar-refractivity contribution < 1.29 is 13.5 Å². The predicted molar refractivity (Wildman–Crippen MR) is 89.4 cm³/mol. The average Bonchev–Trinajstić information content (AvgIpc) is 3.22. The van der Waals surface area contributed by atoms with Crippen LogP contribution in [0.15, 0.2) is 48.8 Å². The predicted octanol–water partition coefficient (Wildman–Crippen LogP) is 2.94. The standard InChI is InChI=1S/C16H13F2N7O/c17-16(18)26-14-6-12(23-24-14)21-13-8-19-11-7-20-25(15(11)22-13)9-10-4-2-1-3-5-10/h1-8,16H,9H2,(H2,21,22,23,24). The molecule has 3 heterocycles. The van der Waals surface area contributed by atoms with Gasteiger partial charge in [0.1, 0.15) is 11.3 Å². The number of halogens is 2. The first-order valence-corrected chi connectivity index (χ1v) is 7.67. The van der Waals surface area contributed by atoms with Gasteiger partial charge >= 0.3 is 6.61 Å². The van der Waals surface area contributed by atoms with E-state index in [0.29, 0.717) is 29.3 Å². The molecule has 0 bridgehead atoms. The van der Waals surface area contributed by atoms with Gasteiger partial charge in [-0.3, -0.25) is 5.10 Å². The van der Waals surface area contributed by atoms with Gasteiger partial charge in [0.15, 0.2) is 11.5 Å². The maximum absolute atomic E-state index is 12.2. The van der Waals surface area contributed by atoms with E-state index in [1.165, 1.54) is 12.3 Å². The molecule has 0 unspecified atom stereocenters. The number of fused-ring (bicyclic) bond motifs is 1. The molecule has 0 fully saturated rings. The Labute approximate surface area is 145 Å². The first-order valence-electron chi connectivity index (χ1n) is 7.67. The Morgan fingerprint density at radius 1 is 1.19 bits per heavy atom. The first-order chi connectivity index (χ1) is 12.7. The van der Waals surface area contributed by atoms with Crippen LogP contribution < -0.4 is 10.1 Å². The normalized spacial score (nSPS) is 11.2. The van der Waals surface area contributed by atoms with Crippen LogP contribution in [0.3, 0.4) is 0 Å². The molecule has 0 aliphatic rings. The molecule has 0 spiro atoms. The molecule has 4 aromatic rings. The monoisotopic (exact) mass is 357 g/mol. The Hall–Kier alpha value is -3.56. The summed E-state index contributed by atoms with van der Waals surface area (Å²) in [5, 5.41) is 13.4. The van der Waals surface area contributed by atoms with Gasteiger partial charge in [0.05, 0.1) is 18.9 Å². The molecule has 0 saturated heterocycles. The summed E-state index contributed by atoms with van der Waals surface area (Å²) in [5.74, 6) is 0.550. The van der Waals surface area contributed by atoms with Crippen LogP contribution >= 0.6 is 0 Å². The second-order valence-corrected chi connectivity index (χ2v) is 5.38. The molecule has 0 aliphatic heterocycles. The summed E-state index contributed by atoms with van der Waals surface area (Å²) >= 11 is 0. The third-order valence-corrected chi connectivity index (χ3v) is 3.55. The quantitative estimate of drug-likeness (QED) is 0.551. The number of ether oxygens (including phenoxy) is 1. The highest BCUT2D eigenvalue weighted by Crippen LogP contribution is 2.20. The Kier molecular flexibility index (Phi) is 4.14. The highest BCUT2D eigenvalue weighted by Gasteiger charge is 2.11. The number of nitrogens with one attached hydrogen (secondary N) is 2. The van der Waals surface area contributed by atoms with Crippen LogP contribution in [-0.4, -0.2) is 36.6 Å². The van der Waals surface area contributed by atoms with Crippen molar-refractivity contribution in [2.24, 2.45) is 0 Å². The number of rotatable bonds is 6. The van der Waals surface area contributed by atoms with Crippen LogP contribution in [0.5, 0.6) is 5.88 Å². The van der Waals surface area contributed by atoms with Crippen molar-refractivity contribution in [2.75, 3.05) is 5.32 Å². The van der Waals surface area contributed by atoms with Crippen LogP contribution in [0.1, 0.15) is 5.56 Å². The van der Waals surface area contributed by atoms with Crippen molar-refractivity contribution >= 4 is 22.8 Å². The lowest BCUT2D eigenvalue weighted by atomic mass is 10.2. The smallest absolute Gasteiger partial charge is 0.388 e. The van der Waals surface area contributed by atoms with Gasteiger partial charge in [-0.25, -0.2) is 14.6 Å². The van der Waals surface area contributed by atoms with Crippen molar-refractivity contribution in [3.05, 3.63) is 54.4 Å². The van der Waals surface area contributed by atoms with Crippen LogP contribution in [0.25, 0.3) is 11.2 Å². The molecular formula is C16H13F2N7O. The largest absolute Gasteiger partial charge is 0.415 e. The minimum absolute atomic E-state index is 0.217. The van der Waals surface area contributed by atoms with Crippen molar-refractivity contribution in [1.82, 2.24) is 29.9 Å². The van der Waals surface area contributed by atoms with Gasteiger partial charge in [0, 0.05) is 6.07 Å². The molecular weight excluding hydrogens is 344 g/mol. The third kappa shape index (κ3) is 3.43. The van der Waals surface area contributed by atoms with Gasteiger partial charge in [-0.2, -0.15) is 13.9 Å². The summed E-state index contributed by atoms with van der Waals surface area (Å²) < 4.78 is 30.3. The average molecular weight is 357 g/mol. The molecule has 2 N–H and O–H groups in total. The number of aromatic amines is 1. The Morgan fingerprint density at radius 3 is 2.85 bits per heavy atom. The Bertz CT molecular complexity index is 1020. The molecule has 4 rings (SSSR count). The molecule has 8 nitrogen and oxygen atoms in total. The number of nitrogens with zero attached hydrogens (tertiary/aromatic N) is 5. The van der Waals surface area contributed by atoms with Gasteiger partial charge in [0.25, 0.3) is 0 Å². The SMILES string of the molecule is FC(F)Oc1cc(Nc2cnc3cnn(Cc4ccccc4)c3n2)[nH]n1. The summed E-state index contributed by atoms with van der Waals surface area (Å²) in [6.07, 6.45) is 3.16. The molecule has 26 heavy (non-hydrogen) atoms. The summed E-state index contributed by atoms with van der Waals surface area (Å²) in [6.45, 7) is -2.38. The van der Waals surface area contributed by atoms with Crippen molar-refractivity contribution in [1.29, 1.82) is 0 Å². The lowest BCUT2D eigenvalue weighted by Crippen LogP contribution is -2.04. The number of hydrogen-bond donors (Lipinski definition) is 2. The molecule has 3 aromatic heterocycles. The zero-order chi connectivity index (χ0) is 17.9. The highest BCUT2D eigenvalue weighted by molar-refractivity contribution is 5.72. The maximum Gasteiger partial charge on any atom is 0.388 e. The summed E-state index contributed by atoms with van der Waals surface area (Å²) in [7, 11) is 0. The summed E-state index contributed by atoms with van der Waals surface area (Å²) in [6, 6.07) is 11.2. The number of alkyl halides is 2. The lowest BCUT2D eigenvalue weighted by molar-refractivity contribution is -0.0528. The number of benzene rings is 1. The van der Waals surface area contributed by atoms with E-state index < -0.39 is 6.61 Å². The first kappa shape index (κ1) is 15.9. The van der Waals surface area contributed by atoms with Gasteiger partial charge in [-0.15, -0.1) is 5.10 Å². The van der Waals surface area contributed by atoms with E-state index in [-0.39, 0.29) is 5.88 Å². The van der Waals surface area contributed by atoms with Crippen molar-refractivity contribution in [3.8, 4) is 5.88 Å². The minimum atomic E-state index is -2.94. The van der Waals surface area contributed by atoms with E-state index in [4.69, 9.17) is 0 Å². The maximum atomic E-state index is 12.2. The fourth-order valence-corrected chi connectivity index (χ4v) is 2.44. The second-order valence-electron chi connectivity index (χ2n) is 5.38. The molecule has 132 valence electrons. The zero-order valence-electron chi connectivity index (χ0n) is 13.3. The fourth-order valence-electron chi connectivity index (χ4n) is 2.44. The zero-order valence-corrected chi connectivity index (χ0v) is 13.3. The van der Waals surface area contributed by atoms with E-state index in [9.17, 15) is 8.78 Å². The number of hydrogen-bond acceptors (Lipinski definition) is 6. The van der Waals surface area contributed by atoms with Crippen LogP contribution in [0.4, 0.5) is 20.4 Å². The molecule has 0 saturated carbocycles. The highest BCUT2D eigenvalue weighted by atomic mass is 19.3. The van der Waals surface area contributed by atoms with E-state index >= 15 is 0 Å². The number of aromatic nitrogens is 6. The Balaban J connectivity index is 1.57. The Morgan fingerprint density at radius 2 is 2.04 bits per heavy atom. The van der Waals surface area contributed by atoms with Gasteiger partial charge < -0.3 is 10.1 Å². The molecule has 0 amide bonds. The number of anilines is 2. The molecule has 10 heteroatoms. The van der Waals surface area contributed by atoms with E-state index in [0.717, 1.165) is 5.56 Å². The third-order valence-electron chi connectivity index (χ3n) is 3.55. The van der Waals surface area contributed by atoms with Crippen LogP contribution in [0.2, 0.25) is 0 Å². The van der Waals surface area contributed by atoms with E-state index in [2.05, 4.69) is 35.3 Å². The lowest BCUT2D eigenvalue weighted by Gasteiger charge is -2.05. The topological polar surface area (TPSA) is 93.5 Å². The molecule has 0 atom stereocenters. The molecule has 0 radical (unpaired) electrons. The van der Waals surface area contributed by atoms with Crippen molar-refractivity contribution in [2.45, 2.75) is 13.2 Å². The van der Waals surface area contributed by atoms with Gasteiger partial charge in [-0.1, -0.05) is 30.3 Å². The summed E-state index contributed by atoms with van der Waals surface area (Å²) in [5.41, 5.74) is 2.33. The molecule has 0 aliphatic carbocycles. The van der Waals surface area contributed by atoms with E-state index in [1.54, 1.807) is 10.9 Å². The van der Waals surface area contributed by atoms with Gasteiger partial charge in [0.2, 0.25) is 5.88 Å². The van der Waals surface area contributed by atoms with Gasteiger partial charge in [-0.05, 0) is 5.56 Å². The van der Waals surface area contributed by atoms with Crippen LogP contribution in [0, 0.1) is 0 Å². The minimum Gasteiger partial charge on any atom is -0.415 e. The second kappa shape index (κ2) is 6.75. The number of H-pyrrole nitrogens is 1. The van der Waals surface area contributed by atoms with Crippen molar-refractivity contribution in [3.63, 3.8) is 0 Å². The summed E-state index contributed by atoms with van der Waals surface area (Å²) in [4.78, 5) is 8.79.